The van der Waals surface area contributed by atoms with E-state index in [1.54, 1.807) is 0 Å². The van der Waals surface area contributed by atoms with Gasteiger partial charge in [0.15, 0.2) is 0 Å². The van der Waals surface area contributed by atoms with Crippen LogP contribution in [0.5, 0.6) is 0 Å². The fraction of sp³-hybridized carbons (Fsp3) is 0.538. The molecule has 0 aromatic heterocycles. The molecule has 0 radical (unpaired) electrons. The zero-order valence-electron chi connectivity index (χ0n) is 12.3. The zero-order valence-corrected chi connectivity index (χ0v) is 13.1. The standard InChI is InChI=1S/C13H22FN3O2S/c1-9(17(3)4)8-16-20(18,19)13-6-11(7-15)5-12(14)10(13)2/h5-6,9,16H,7-8,15H2,1-4H3. The molecule has 0 fully saturated rings. The number of hydrogen-bond donors (Lipinski definition) is 2. The van der Waals surface area contributed by atoms with Crippen molar-refractivity contribution in [3.8, 4) is 0 Å². The predicted molar refractivity (Wildman–Crippen MR) is 77.4 cm³/mol. The van der Waals surface area contributed by atoms with Gasteiger partial charge in [0, 0.05) is 24.7 Å². The second kappa shape index (κ2) is 6.62. The number of nitrogens with zero attached hydrogens (tertiary/aromatic N) is 1. The predicted octanol–water partition coefficient (Wildman–Crippen LogP) is 0.821. The van der Waals surface area contributed by atoms with Crippen LogP contribution in [-0.2, 0) is 16.6 Å². The highest BCUT2D eigenvalue weighted by atomic mass is 32.2. The first-order valence-corrected chi connectivity index (χ1v) is 7.82. The second-order valence-corrected chi connectivity index (χ2v) is 6.80. The normalized spacial score (nSPS) is 13.8. The van der Waals surface area contributed by atoms with Crippen LogP contribution in [0.25, 0.3) is 0 Å². The second-order valence-electron chi connectivity index (χ2n) is 5.07. The van der Waals surface area contributed by atoms with Crippen LogP contribution in [0.15, 0.2) is 17.0 Å². The molecule has 0 aliphatic carbocycles. The molecule has 0 bridgehead atoms. The van der Waals surface area contributed by atoms with Crippen LogP contribution in [-0.4, -0.2) is 40.0 Å². The van der Waals surface area contributed by atoms with E-state index in [-0.39, 0.29) is 29.6 Å². The number of nitrogens with two attached hydrogens (primary N) is 1. The Morgan fingerprint density at radius 2 is 2.00 bits per heavy atom. The van der Waals surface area contributed by atoms with Gasteiger partial charge in [-0.25, -0.2) is 17.5 Å². The molecule has 3 N–H and O–H groups in total. The molecule has 20 heavy (non-hydrogen) atoms. The third kappa shape index (κ3) is 3.99. The van der Waals surface area contributed by atoms with Crippen molar-refractivity contribution in [3.63, 3.8) is 0 Å². The molecule has 1 aromatic carbocycles. The minimum atomic E-state index is -3.75. The van der Waals surface area contributed by atoms with Crippen molar-refractivity contribution in [3.05, 3.63) is 29.1 Å². The van der Waals surface area contributed by atoms with E-state index < -0.39 is 15.8 Å². The first kappa shape index (κ1) is 17.0. The summed E-state index contributed by atoms with van der Waals surface area (Å²) in [6.45, 7) is 3.68. The SMILES string of the molecule is Cc1c(F)cc(CN)cc1S(=O)(=O)NCC(C)N(C)C. The van der Waals surface area contributed by atoms with Crippen molar-refractivity contribution in [1.82, 2.24) is 9.62 Å². The molecular formula is C13H22FN3O2S. The van der Waals surface area contributed by atoms with E-state index in [4.69, 9.17) is 5.73 Å². The lowest BCUT2D eigenvalue weighted by atomic mass is 10.1. The largest absolute Gasteiger partial charge is 0.326 e. The Hall–Kier alpha value is -1.02. The molecule has 1 rings (SSSR count). The molecule has 7 heteroatoms. The van der Waals surface area contributed by atoms with Gasteiger partial charge in [0.25, 0.3) is 0 Å². The number of rotatable bonds is 6. The van der Waals surface area contributed by atoms with Gasteiger partial charge >= 0.3 is 0 Å². The van der Waals surface area contributed by atoms with Gasteiger partial charge in [0.1, 0.15) is 5.82 Å². The van der Waals surface area contributed by atoms with Crippen LogP contribution in [0.4, 0.5) is 4.39 Å². The molecule has 0 spiro atoms. The Morgan fingerprint density at radius 1 is 1.40 bits per heavy atom. The van der Waals surface area contributed by atoms with Crippen molar-refractivity contribution in [1.29, 1.82) is 0 Å². The zero-order chi connectivity index (χ0) is 15.5. The number of nitrogens with one attached hydrogen (secondary N) is 1. The Bertz CT molecular complexity index is 573. The van der Waals surface area contributed by atoms with Gasteiger partial charge in [-0.3, -0.25) is 0 Å². The van der Waals surface area contributed by atoms with Gasteiger partial charge in [-0.2, -0.15) is 0 Å². The summed E-state index contributed by atoms with van der Waals surface area (Å²) in [6, 6.07) is 2.71. The summed E-state index contributed by atoms with van der Waals surface area (Å²) in [6.07, 6.45) is 0. The minimum absolute atomic E-state index is 0.0348. The molecule has 1 aromatic rings. The molecule has 0 heterocycles. The summed E-state index contributed by atoms with van der Waals surface area (Å²) in [7, 11) is -0.0268. The highest BCUT2D eigenvalue weighted by molar-refractivity contribution is 7.89. The van der Waals surface area contributed by atoms with E-state index in [2.05, 4.69) is 4.72 Å². The molecule has 0 saturated heterocycles. The van der Waals surface area contributed by atoms with E-state index >= 15 is 0 Å². The van der Waals surface area contributed by atoms with Crippen molar-refractivity contribution >= 4 is 10.0 Å². The maximum atomic E-state index is 13.7. The van der Waals surface area contributed by atoms with Gasteiger partial charge in [0.2, 0.25) is 10.0 Å². The number of hydrogen-bond acceptors (Lipinski definition) is 4. The van der Waals surface area contributed by atoms with E-state index in [1.807, 2.05) is 25.9 Å². The van der Waals surface area contributed by atoms with Crippen molar-refractivity contribution in [2.24, 2.45) is 5.73 Å². The number of sulfonamides is 1. The Morgan fingerprint density at radius 3 is 2.50 bits per heavy atom. The highest BCUT2D eigenvalue weighted by Gasteiger charge is 2.21. The molecule has 0 aliphatic rings. The Labute approximate surface area is 120 Å². The van der Waals surface area contributed by atoms with Gasteiger partial charge in [0.05, 0.1) is 4.90 Å². The molecular weight excluding hydrogens is 281 g/mol. The quantitative estimate of drug-likeness (QED) is 0.816. The monoisotopic (exact) mass is 303 g/mol. The van der Waals surface area contributed by atoms with Crippen LogP contribution in [0, 0.1) is 12.7 Å². The Balaban J connectivity index is 3.06. The van der Waals surface area contributed by atoms with E-state index in [1.165, 1.54) is 19.1 Å². The van der Waals surface area contributed by atoms with Crippen molar-refractivity contribution < 1.29 is 12.8 Å². The van der Waals surface area contributed by atoms with Gasteiger partial charge in [-0.15, -0.1) is 0 Å². The number of likely N-dealkylation sites (N-methyl/N-ethyl adjacent to an activating group) is 1. The molecule has 1 unspecified atom stereocenters. The first-order valence-electron chi connectivity index (χ1n) is 6.34. The molecule has 0 amide bonds. The van der Waals surface area contributed by atoms with Gasteiger partial charge < -0.3 is 10.6 Å². The molecule has 114 valence electrons. The van der Waals surface area contributed by atoms with E-state index in [9.17, 15) is 12.8 Å². The summed E-state index contributed by atoms with van der Waals surface area (Å²) >= 11 is 0. The lowest BCUT2D eigenvalue weighted by Crippen LogP contribution is -2.38. The lowest BCUT2D eigenvalue weighted by molar-refractivity contribution is 0.314. The maximum Gasteiger partial charge on any atom is 0.240 e. The smallest absolute Gasteiger partial charge is 0.240 e. The number of benzene rings is 1. The summed E-state index contributed by atoms with van der Waals surface area (Å²) in [5.41, 5.74) is 6.01. The third-order valence-electron chi connectivity index (χ3n) is 3.33. The first-order chi connectivity index (χ1) is 9.19. The van der Waals surface area contributed by atoms with Gasteiger partial charge in [-0.05, 0) is 45.6 Å². The van der Waals surface area contributed by atoms with E-state index in [0.717, 1.165) is 0 Å². The van der Waals surface area contributed by atoms with Crippen LogP contribution in [0.3, 0.4) is 0 Å². The van der Waals surface area contributed by atoms with Crippen LogP contribution in [0.1, 0.15) is 18.1 Å². The van der Waals surface area contributed by atoms with Crippen LogP contribution < -0.4 is 10.5 Å². The molecule has 0 saturated carbocycles. The summed E-state index contributed by atoms with van der Waals surface area (Å²) in [5, 5.41) is 0. The minimum Gasteiger partial charge on any atom is -0.326 e. The molecule has 1 atom stereocenters. The maximum absolute atomic E-state index is 13.7. The topological polar surface area (TPSA) is 75.4 Å². The average Bonchev–Trinajstić information content (AvgIpc) is 2.38. The van der Waals surface area contributed by atoms with E-state index in [0.29, 0.717) is 5.56 Å². The summed E-state index contributed by atoms with van der Waals surface area (Å²) in [4.78, 5) is 1.84. The summed E-state index contributed by atoms with van der Waals surface area (Å²) < 4.78 is 40.8. The lowest BCUT2D eigenvalue weighted by Gasteiger charge is -2.20. The fourth-order valence-corrected chi connectivity index (χ4v) is 3.02. The van der Waals surface area contributed by atoms with Crippen molar-refractivity contribution in [2.45, 2.75) is 31.3 Å². The third-order valence-corrected chi connectivity index (χ3v) is 4.88. The molecule has 0 aliphatic heterocycles. The highest BCUT2D eigenvalue weighted by Crippen LogP contribution is 2.20. The summed E-state index contributed by atoms with van der Waals surface area (Å²) in [5.74, 6) is -0.561. The van der Waals surface area contributed by atoms with Crippen LogP contribution >= 0.6 is 0 Å². The van der Waals surface area contributed by atoms with Gasteiger partial charge in [-0.1, -0.05) is 0 Å². The number of halogens is 1. The molecule has 5 nitrogen and oxygen atoms in total. The fourth-order valence-electron chi connectivity index (χ4n) is 1.59. The average molecular weight is 303 g/mol. The van der Waals surface area contributed by atoms with Crippen molar-refractivity contribution in [2.75, 3.05) is 20.6 Å². The van der Waals surface area contributed by atoms with Crippen LogP contribution in [0.2, 0.25) is 0 Å². The Kier molecular flexibility index (Phi) is 5.64.